The van der Waals surface area contributed by atoms with Crippen molar-refractivity contribution in [3.05, 3.63) is 29.8 Å². The summed E-state index contributed by atoms with van der Waals surface area (Å²) in [7, 11) is 0. The van der Waals surface area contributed by atoms with Gasteiger partial charge in [0.1, 0.15) is 5.75 Å². The zero-order chi connectivity index (χ0) is 12.5. The third-order valence-electron chi connectivity index (χ3n) is 2.71. The van der Waals surface area contributed by atoms with Crippen LogP contribution in [0.15, 0.2) is 24.3 Å². The lowest BCUT2D eigenvalue weighted by Crippen LogP contribution is -2.07. The molecule has 0 aliphatic heterocycles. The van der Waals surface area contributed by atoms with Crippen molar-refractivity contribution >= 4 is 5.97 Å². The van der Waals surface area contributed by atoms with E-state index in [-0.39, 0.29) is 5.97 Å². The highest BCUT2D eigenvalue weighted by Gasteiger charge is 2.04. The van der Waals surface area contributed by atoms with Crippen molar-refractivity contribution in [1.82, 2.24) is 0 Å². The molecule has 1 aromatic rings. The van der Waals surface area contributed by atoms with E-state index in [9.17, 15) is 4.79 Å². The fraction of sp³-hybridized carbons (Fsp3) is 0.533. The average Bonchev–Trinajstić information content (AvgIpc) is 2.29. The van der Waals surface area contributed by atoms with Gasteiger partial charge in [0, 0.05) is 6.42 Å². The maximum absolute atomic E-state index is 11.5. The van der Waals surface area contributed by atoms with Crippen molar-refractivity contribution in [2.24, 2.45) is 0 Å². The first-order chi connectivity index (χ1) is 8.22. The number of ether oxygens (including phenoxy) is 1. The Bertz CT molecular complexity index is 345. The summed E-state index contributed by atoms with van der Waals surface area (Å²) in [5.41, 5.74) is 1.11. The molecule has 94 valence electrons. The van der Waals surface area contributed by atoms with Crippen LogP contribution in [0.1, 0.15) is 51.0 Å². The average molecular weight is 234 g/mol. The molecule has 0 radical (unpaired) electrons. The molecule has 0 atom stereocenters. The molecule has 1 aromatic carbocycles. The number of esters is 1. The Labute approximate surface area is 104 Å². The number of carbonyl (C=O) groups is 1. The maximum Gasteiger partial charge on any atom is 0.311 e. The molecular formula is C15H22O2. The molecule has 0 fully saturated rings. The van der Waals surface area contributed by atoms with Gasteiger partial charge in [-0.05, 0) is 31.0 Å². The van der Waals surface area contributed by atoms with Crippen molar-refractivity contribution in [3.63, 3.8) is 0 Å². The Hall–Kier alpha value is -1.31. The van der Waals surface area contributed by atoms with Crippen LogP contribution in [-0.2, 0) is 4.79 Å². The molecule has 2 nitrogen and oxygen atoms in total. The second-order valence-corrected chi connectivity index (χ2v) is 4.45. The van der Waals surface area contributed by atoms with E-state index in [4.69, 9.17) is 4.74 Å². The lowest BCUT2D eigenvalue weighted by Gasteiger charge is -2.04. The predicted molar refractivity (Wildman–Crippen MR) is 70.2 cm³/mol. The number of aryl methyl sites for hydroxylation is 1. The zero-order valence-electron chi connectivity index (χ0n) is 10.9. The van der Waals surface area contributed by atoms with Gasteiger partial charge in [-0.2, -0.15) is 0 Å². The summed E-state index contributed by atoms with van der Waals surface area (Å²) in [5.74, 6) is 0.538. The first-order valence-electron chi connectivity index (χ1n) is 6.49. The molecule has 2 heteroatoms. The highest BCUT2D eigenvalue weighted by Crippen LogP contribution is 2.14. The van der Waals surface area contributed by atoms with Gasteiger partial charge in [-0.1, -0.05) is 44.7 Å². The van der Waals surface area contributed by atoms with Gasteiger partial charge in [0.25, 0.3) is 0 Å². The fourth-order valence-electron chi connectivity index (χ4n) is 1.73. The highest BCUT2D eigenvalue weighted by molar-refractivity contribution is 5.72. The number of hydrogen-bond donors (Lipinski definition) is 0. The molecule has 0 aromatic heterocycles. The van der Waals surface area contributed by atoms with Crippen molar-refractivity contribution in [3.8, 4) is 5.75 Å². The Morgan fingerprint density at radius 3 is 2.65 bits per heavy atom. The van der Waals surface area contributed by atoms with E-state index in [1.165, 1.54) is 19.3 Å². The summed E-state index contributed by atoms with van der Waals surface area (Å²) < 4.78 is 5.26. The first kappa shape index (κ1) is 13.8. The second-order valence-electron chi connectivity index (χ2n) is 4.45. The molecule has 0 unspecified atom stereocenters. The molecule has 0 aliphatic rings. The largest absolute Gasteiger partial charge is 0.427 e. The Kier molecular flexibility index (Phi) is 6.38. The smallest absolute Gasteiger partial charge is 0.311 e. The normalized spacial score (nSPS) is 10.2. The molecule has 0 aliphatic carbocycles. The number of unbranched alkanes of at least 4 members (excludes halogenated alkanes) is 4. The molecule has 0 saturated heterocycles. The van der Waals surface area contributed by atoms with Crippen molar-refractivity contribution < 1.29 is 9.53 Å². The van der Waals surface area contributed by atoms with Gasteiger partial charge in [-0.25, -0.2) is 0 Å². The van der Waals surface area contributed by atoms with Crippen LogP contribution in [0.5, 0.6) is 5.75 Å². The summed E-state index contributed by atoms with van der Waals surface area (Å²) in [5, 5.41) is 0. The van der Waals surface area contributed by atoms with E-state index in [0.29, 0.717) is 12.2 Å². The summed E-state index contributed by atoms with van der Waals surface area (Å²) in [6.07, 6.45) is 6.29. The van der Waals surface area contributed by atoms with Gasteiger partial charge in [0.2, 0.25) is 0 Å². The molecule has 0 saturated carbocycles. The third kappa shape index (κ3) is 6.10. The van der Waals surface area contributed by atoms with Gasteiger partial charge in [0.05, 0.1) is 0 Å². The number of hydrogen-bond acceptors (Lipinski definition) is 2. The molecule has 0 heterocycles. The molecule has 0 spiro atoms. The highest BCUT2D eigenvalue weighted by atomic mass is 16.5. The summed E-state index contributed by atoms with van der Waals surface area (Å²) in [6.45, 7) is 4.17. The van der Waals surface area contributed by atoms with E-state index in [2.05, 4.69) is 6.92 Å². The van der Waals surface area contributed by atoms with Crippen LogP contribution < -0.4 is 4.74 Å². The van der Waals surface area contributed by atoms with Gasteiger partial charge in [-0.3, -0.25) is 4.79 Å². The predicted octanol–water partition coefficient (Wildman–Crippen LogP) is 4.26. The SMILES string of the molecule is CCCCCCCC(=O)Oc1cccc(C)c1. The lowest BCUT2D eigenvalue weighted by atomic mass is 10.1. The number of carbonyl (C=O) groups excluding carboxylic acids is 1. The van der Waals surface area contributed by atoms with E-state index in [1.54, 1.807) is 0 Å². The molecule has 0 bridgehead atoms. The van der Waals surface area contributed by atoms with Gasteiger partial charge in [-0.15, -0.1) is 0 Å². The minimum Gasteiger partial charge on any atom is -0.427 e. The van der Waals surface area contributed by atoms with Gasteiger partial charge >= 0.3 is 5.97 Å². The van der Waals surface area contributed by atoms with Gasteiger partial charge in [0.15, 0.2) is 0 Å². The van der Waals surface area contributed by atoms with Crippen LogP contribution in [0.3, 0.4) is 0 Å². The Morgan fingerprint density at radius 2 is 1.94 bits per heavy atom. The first-order valence-corrected chi connectivity index (χ1v) is 6.49. The Balaban J connectivity index is 2.21. The maximum atomic E-state index is 11.5. The number of benzene rings is 1. The molecule has 0 N–H and O–H groups in total. The van der Waals surface area contributed by atoms with Crippen LogP contribution in [0.25, 0.3) is 0 Å². The summed E-state index contributed by atoms with van der Waals surface area (Å²) >= 11 is 0. The monoisotopic (exact) mass is 234 g/mol. The van der Waals surface area contributed by atoms with Gasteiger partial charge < -0.3 is 4.74 Å². The Morgan fingerprint density at radius 1 is 1.18 bits per heavy atom. The van der Waals surface area contributed by atoms with Crippen LogP contribution >= 0.6 is 0 Å². The van der Waals surface area contributed by atoms with E-state index in [1.807, 2.05) is 31.2 Å². The van der Waals surface area contributed by atoms with Crippen molar-refractivity contribution in [1.29, 1.82) is 0 Å². The molecule has 1 rings (SSSR count). The minimum absolute atomic E-state index is 0.118. The minimum atomic E-state index is -0.118. The molecule has 0 amide bonds. The standard InChI is InChI=1S/C15H22O2/c1-3-4-5-6-7-11-15(16)17-14-10-8-9-13(2)12-14/h8-10,12H,3-7,11H2,1-2H3. The zero-order valence-corrected chi connectivity index (χ0v) is 10.9. The topological polar surface area (TPSA) is 26.3 Å². The third-order valence-corrected chi connectivity index (χ3v) is 2.71. The van der Waals surface area contributed by atoms with Crippen molar-refractivity contribution in [2.45, 2.75) is 52.4 Å². The quantitative estimate of drug-likeness (QED) is 0.400. The molecule has 17 heavy (non-hydrogen) atoms. The van der Waals surface area contributed by atoms with Crippen LogP contribution in [-0.4, -0.2) is 5.97 Å². The van der Waals surface area contributed by atoms with Crippen LogP contribution in [0.4, 0.5) is 0 Å². The number of rotatable bonds is 7. The summed E-state index contributed by atoms with van der Waals surface area (Å²) in [4.78, 5) is 11.5. The van der Waals surface area contributed by atoms with E-state index >= 15 is 0 Å². The second kappa shape index (κ2) is 7.88. The van der Waals surface area contributed by atoms with Crippen LogP contribution in [0.2, 0.25) is 0 Å². The van der Waals surface area contributed by atoms with Crippen LogP contribution in [0, 0.1) is 6.92 Å². The van der Waals surface area contributed by atoms with Crippen molar-refractivity contribution in [2.75, 3.05) is 0 Å². The fourth-order valence-corrected chi connectivity index (χ4v) is 1.73. The van der Waals surface area contributed by atoms with E-state index in [0.717, 1.165) is 18.4 Å². The molecular weight excluding hydrogens is 212 g/mol. The van der Waals surface area contributed by atoms with E-state index < -0.39 is 0 Å². The lowest BCUT2D eigenvalue weighted by molar-refractivity contribution is -0.134. The summed E-state index contributed by atoms with van der Waals surface area (Å²) in [6, 6.07) is 7.60.